The fourth-order valence-electron chi connectivity index (χ4n) is 3.43. The summed E-state index contributed by atoms with van der Waals surface area (Å²) in [5.74, 6) is -3.33. The molecule has 3 aromatic carbocycles. The summed E-state index contributed by atoms with van der Waals surface area (Å²) < 4.78 is 32.7. The topological polar surface area (TPSA) is 87.1 Å². The van der Waals surface area contributed by atoms with E-state index in [0.29, 0.717) is 25.2 Å². The smallest absolute Gasteiger partial charge is 0.328 e. The monoisotopic (exact) mass is 471 g/mol. The molecule has 6 nitrogen and oxygen atoms in total. The number of halogens is 2. The van der Waals surface area contributed by atoms with E-state index in [1.165, 1.54) is 23.1 Å². The molecule has 0 saturated carbocycles. The first kappa shape index (κ1) is 26.5. The third-order valence-electron chi connectivity index (χ3n) is 5.02. The van der Waals surface area contributed by atoms with Crippen LogP contribution in [-0.4, -0.2) is 47.8 Å². The first-order chi connectivity index (χ1) is 16.1. The molecule has 3 rings (SSSR count). The number of carbonyl (C=O) groups is 2. The molecule has 8 heteroatoms. The molecule has 0 bridgehead atoms. The van der Waals surface area contributed by atoms with Crippen LogP contribution >= 0.6 is 0 Å². The molecular weight excluding hydrogens is 444 g/mol. The molecule has 1 unspecified atom stereocenters. The Balaban J connectivity index is 0.000000440. The van der Waals surface area contributed by atoms with Crippen LogP contribution in [0.5, 0.6) is 5.75 Å². The number of aryl methyl sites for hydroxylation is 1. The second-order valence-corrected chi connectivity index (χ2v) is 7.76. The lowest BCUT2D eigenvalue weighted by atomic mass is 10.0. The van der Waals surface area contributed by atoms with Crippen molar-refractivity contribution < 1.29 is 33.3 Å². The molecule has 3 aromatic rings. The van der Waals surface area contributed by atoms with E-state index in [4.69, 9.17) is 14.9 Å². The van der Waals surface area contributed by atoms with Crippen LogP contribution in [0.3, 0.4) is 0 Å². The average Bonchev–Trinajstić information content (AvgIpc) is 2.77. The standard InChI is InChI=1S/C22H23F2NO.C4H4O4/c1-15-12-18(13-16-6-4-5-7-19(15)16)26-11-10-22(25(2)3)17-8-9-20(23)21(24)14-17;5-3(6)1-2-4(7)8/h4-9,12-14,22H,10-11H2,1-3H3;1-2H,(H,5,6)(H,7,8). The minimum Gasteiger partial charge on any atom is -0.493 e. The highest BCUT2D eigenvalue weighted by molar-refractivity contribution is 5.89. The van der Waals surface area contributed by atoms with Crippen molar-refractivity contribution in [3.63, 3.8) is 0 Å². The van der Waals surface area contributed by atoms with Gasteiger partial charge in [0, 0.05) is 24.6 Å². The molecule has 2 N–H and O–H groups in total. The zero-order chi connectivity index (χ0) is 25.3. The second kappa shape index (κ2) is 12.5. The van der Waals surface area contributed by atoms with E-state index < -0.39 is 23.6 Å². The lowest BCUT2D eigenvalue weighted by molar-refractivity contribution is -0.134. The molecule has 180 valence electrons. The first-order valence-corrected chi connectivity index (χ1v) is 10.5. The summed E-state index contributed by atoms with van der Waals surface area (Å²) in [6.07, 6.45) is 1.79. The Morgan fingerprint density at radius 3 is 2.21 bits per heavy atom. The van der Waals surface area contributed by atoms with Crippen LogP contribution in [0.25, 0.3) is 10.8 Å². The Kier molecular flexibility index (Phi) is 9.70. The zero-order valence-electron chi connectivity index (χ0n) is 19.2. The van der Waals surface area contributed by atoms with Gasteiger partial charge in [0.05, 0.1) is 6.61 Å². The maximum Gasteiger partial charge on any atom is 0.328 e. The Labute approximate surface area is 196 Å². The molecule has 0 amide bonds. The minimum atomic E-state index is -1.26. The molecule has 1 atom stereocenters. The van der Waals surface area contributed by atoms with Gasteiger partial charge in [-0.05, 0) is 67.2 Å². The Hall–Kier alpha value is -3.78. The lowest BCUT2D eigenvalue weighted by Crippen LogP contribution is -2.22. The molecule has 0 radical (unpaired) electrons. The van der Waals surface area contributed by atoms with Crippen LogP contribution in [0.2, 0.25) is 0 Å². The molecule has 0 fully saturated rings. The van der Waals surface area contributed by atoms with Crippen LogP contribution in [0.15, 0.2) is 66.7 Å². The number of hydrogen-bond donors (Lipinski definition) is 2. The van der Waals surface area contributed by atoms with Gasteiger partial charge >= 0.3 is 11.9 Å². The van der Waals surface area contributed by atoms with Gasteiger partial charge in [0.25, 0.3) is 0 Å². The van der Waals surface area contributed by atoms with Crippen molar-refractivity contribution >= 4 is 22.7 Å². The maximum atomic E-state index is 13.6. The molecule has 34 heavy (non-hydrogen) atoms. The van der Waals surface area contributed by atoms with Crippen LogP contribution in [0.4, 0.5) is 8.78 Å². The number of benzene rings is 3. The summed E-state index contributed by atoms with van der Waals surface area (Å²) in [5.41, 5.74) is 1.91. The molecule has 0 saturated heterocycles. The summed E-state index contributed by atoms with van der Waals surface area (Å²) >= 11 is 0. The third kappa shape index (κ3) is 7.97. The van der Waals surface area contributed by atoms with Gasteiger partial charge in [0.2, 0.25) is 0 Å². The molecule has 0 aliphatic heterocycles. The molecule has 0 spiro atoms. The molecule has 0 aliphatic carbocycles. The highest BCUT2D eigenvalue weighted by Crippen LogP contribution is 2.27. The zero-order valence-corrected chi connectivity index (χ0v) is 19.2. The van der Waals surface area contributed by atoms with Crippen LogP contribution < -0.4 is 4.74 Å². The van der Waals surface area contributed by atoms with Crippen LogP contribution in [-0.2, 0) is 9.59 Å². The lowest BCUT2D eigenvalue weighted by Gasteiger charge is -2.25. The van der Waals surface area contributed by atoms with Gasteiger partial charge in [0.1, 0.15) is 5.75 Å². The van der Waals surface area contributed by atoms with Gasteiger partial charge in [-0.15, -0.1) is 0 Å². The first-order valence-electron chi connectivity index (χ1n) is 10.5. The fourth-order valence-corrected chi connectivity index (χ4v) is 3.43. The van der Waals surface area contributed by atoms with E-state index in [0.717, 1.165) is 16.7 Å². The molecule has 0 aliphatic rings. The van der Waals surface area contributed by atoms with Crippen LogP contribution in [0.1, 0.15) is 23.6 Å². The molecule has 0 aromatic heterocycles. The molecular formula is C26H27F2NO5. The summed E-state index contributed by atoms with van der Waals surface area (Å²) in [5, 5.41) is 18.0. The third-order valence-corrected chi connectivity index (χ3v) is 5.02. The predicted octanol–water partition coefficient (Wildman–Crippen LogP) is 5.21. The van der Waals surface area contributed by atoms with Gasteiger partial charge in [-0.25, -0.2) is 18.4 Å². The summed E-state index contributed by atoms with van der Waals surface area (Å²) in [6.45, 7) is 2.55. The Morgan fingerprint density at radius 1 is 0.971 bits per heavy atom. The highest BCUT2D eigenvalue weighted by atomic mass is 19.2. The van der Waals surface area contributed by atoms with Gasteiger partial charge in [0.15, 0.2) is 11.6 Å². The normalized spacial score (nSPS) is 11.8. The Bertz CT molecular complexity index is 1160. The van der Waals surface area contributed by atoms with Gasteiger partial charge in [-0.1, -0.05) is 30.3 Å². The summed E-state index contributed by atoms with van der Waals surface area (Å²) in [7, 11) is 3.85. The number of rotatable bonds is 8. The SMILES string of the molecule is Cc1cc(OCCC(c2ccc(F)c(F)c2)N(C)C)cc2ccccc12.O=C(O)C=CC(=O)O. The van der Waals surface area contributed by atoms with E-state index in [9.17, 15) is 18.4 Å². The van der Waals surface area contributed by atoms with E-state index in [1.54, 1.807) is 6.07 Å². The number of carboxylic acids is 2. The summed E-state index contributed by atoms with van der Waals surface area (Å²) in [4.78, 5) is 21.1. The highest BCUT2D eigenvalue weighted by Gasteiger charge is 2.16. The molecule has 0 heterocycles. The summed E-state index contributed by atoms with van der Waals surface area (Å²) in [6, 6.07) is 16.3. The second-order valence-electron chi connectivity index (χ2n) is 7.76. The van der Waals surface area contributed by atoms with E-state index in [2.05, 4.69) is 19.1 Å². The van der Waals surface area contributed by atoms with Crippen molar-refractivity contribution in [3.05, 3.63) is 89.5 Å². The average molecular weight is 472 g/mol. The van der Waals surface area contributed by atoms with Crippen molar-refractivity contribution in [1.29, 1.82) is 0 Å². The number of ether oxygens (including phenoxy) is 1. The fraction of sp³-hybridized carbons (Fsp3) is 0.231. The van der Waals surface area contributed by atoms with E-state index in [1.807, 2.05) is 43.3 Å². The van der Waals surface area contributed by atoms with Gasteiger partial charge < -0.3 is 19.8 Å². The number of fused-ring (bicyclic) bond motifs is 1. The van der Waals surface area contributed by atoms with Gasteiger partial charge in [-0.2, -0.15) is 0 Å². The maximum absolute atomic E-state index is 13.6. The number of aliphatic carboxylic acids is 2. The van der Waals surface area contributed by atoms with Crippen molar-refractivity contribution in [2.75, 3.05) is 20.7 Å². The van der Waals surface area contributed by atoms with Crippen molar-refractivity contribution in [1.82, 2.24) is 4.90 Å². The van der Waals surface area contributed by atoms with Crippen LogP contribution in [0, 0.1) is 18.6 Å². The van der Waals surface area contributed by atoms with Crippen molar-refractivity contribution in [2.45, 2.75) is 19.4 Å². The largest absolute Gasteiger partial charge is 0.493 e. The van der Waals surface area contributed by atoms with Crippen molar-refractivity contribution in [3.8, 4) is 5.75 Å². The van der Waals surface area contributed by atoms with E-state index >= 15 is 0 Å². The minimum absolute atomic E-state index is 0.0494. The van der Waals surface area contributed by atoms with E-state index in [-0.39, 0.29) is 6.04 Å². The van der Waals surface area contributed by atoms with Crippen molar-refractivity contribution in [2.24, 2.45) is 0 Å². The van der Waals surface area contributed by atoms with Gasteiger partial charge in [-0.3, -0.25) is 0 Å². The quantitative estimate of drug-likeness (QED) is 0.439. The predicted molar refractivity (Wildman–Crippen MR) is 126 cm³/mol. The number of carboxylic acid groups (broad SMARTS) is 2. The Morgan fingerprint density at radius 2 is 1.62 bits per heavy atom. The number of hydrogen-bond acceptors (Lipinski definition) is 4. The number of nitrogens with zero attached hydrogens (tertiary/aromatic N) is 1.